The van der Waals surface area contributed by atoms with Crippen molar-refractivity contribution in [3.05, 3.63) is 66.1 Å². The van der Waals surface area contributed by atoms with Gasteiger partial charge >= 0.3 is 0 Å². The Morgan fingerprint density at radius 2 is 1.83 bits per heavy atom. The van der Waals surface area contributed by atoms with Crippen molar-refractivity contribution in [3.63, 3.8) is 0 Å². The highest BCUT2D eigenvalue weighted by molar-refractivity contribution is 8.00. The molecular formula is C27H31FN4O2S. The van der Waals surface area contributed by atoms with Crippen LogP contribution in [0.4, 0.5) is 10.1 Å². The summed E-state index contributed by atoms with van der Waals surface area (Å²) in [4.78, 5) is 30.4. The number of aromatic nitrogens is 2. The summed E-state index contributed by atoms with van der Waals surface area (Å²) in [7, 11) is 0. The molecule has 1 heterocycles. The van der Waals surface area contributed by atoms with Crippen LogP contribution in [0.15, 0.2) is 59.9 Å². The zero-order valence-electron chi connectivity index (χ0n) is 20.1. The fraction of sp³-hybridized carbons (Fsp3) is 0.370. The summed E-state index contributed by atoms with van der Waals surface area (Å²) >= 11 is 1.30. The van der Waals surface area contributed by atoms with E-state index in [2.05, 4.69) is 15.6 Å². The number of thioether (sulfide) groups is 1. The van der Waals surface area contributed by atoms with Crippen molar-refractivity contribution in [2.24, 2.45) is 0 Å². The summed E-state index contributed by atoms with van der Waals surface area (Å²) in [5, 5.41) is 6.24. The predicted octanol–water partition coefficient (Wildman–Crippen LogP) is 5.57. The van der Waals surface area contributed by atoms with Crippen molar-refractivity contribution in [1.29, 1.82) is 0 Å². The third kappa shape index (κ3) is 6.51. The van der Waals surface area contributed by atoms with Crippen molar-refractivity contribution < 1.29 is 14.0 Å². The van der Waals surface area contributed by atoms with E-state index in [9.17, 15) is 14.0 Å². The first-order valence-electron chi connectivity index (χ1n) is 12.0. The standard InChI is InChI=1S/C27H31FN4O2S/c1-18-8-6-7-11-23(18)31-26(34)19(2)35-27-29-16-24(20-12-14-21(28)15-13-20)32(27)17-25(33)30-22-9-4-3-5-10-22/h6-8,11-16,19,22H,3-5,9-10,17H2,1-2H3,(H,30,33)(H,31,34)/t19-/m1/s1. The van der Waals surface area contributed by atoms with Gasteiger partial charge in [-0.2, -0.15) is 0 Å². The lowest BCUT2D eigenvalue weighted by atomic mass is 9.95. The summed E-state index contributed by atoms with van der Waals surface area (Å²) in [5.41, 5.74) is 3.22. The van der Waals surface area contributed by atoms with Crippen molar-refractivity contribution in [1.82, 2.24) is 14.9 Å². The van der Waals surface area contributed by atoms with E-state index >= 15 is 0 Å². The number of imidazole rings is 1. The zero-order chi connectivity index (χ0) is 24.8. The highest BCUT2D eigenvalue weighted by Gasteiger charge is 2.23. The van der Waals surface area contributed by atoms with Crippen molar-refractivity contribution in [2.75, 3.05) is 5.32 Å². The van der Waals surface area contributed by atoms with Crippen molar-refractivity contribution in [2.45, 2.75) is 68.9 Å². The summed E-state index contributed by atoms with van der Waals surface area (Å²) in [6, 6.07) is 13.9. The SMILES string of the molecule is Cc1ccccc1NC(=O)[C@@H](C)Sc1ncc(-c2ccc(F)cc2)n1CC(=O)NC1CCCCC1. The number of hydrogen-bond acceptors (Lipinski definition) is 4. The first-order chi connectivity index (χ1) is 16.9. The minimum atomic E-state index is -0.446. The summed E-state index contributed by atoms with van der Waals surface area (Å²) < 4.78 is 15.3. The van der Waals surface area contributed by atoms with E-state index < -0.39 is 5.25 Å². The minimum Gasteiger partial charge on any atom is -0.352 e. The van der Waals surface area contributed by atoms with Crippen LogP contribution in [-0.2, 0) is 16.1 Å². The van der Waals surface area contributed by atoms with Gasteiger partial charge in [0.2, 0.25) is 11.8 Å². The molecule has 4 rings (SSSR count). The minimum absolute atomic E-state index is 0.0810. The molecule has 0 unspecified atom stereocenters. The lowest BCUT2D eigenvalue weighted by Crippen LogP contribution is -2.38. The number of aryl methyl sites for hydroxylation is 1. The van der Waals surface area contributed by atoms with Gasteiger partial charge in [0.15, 0.2) is 5.16 Å². The molecule has 1 fully saturated rings. The molecule has 3 aromatic rings. The Bertz CT molecular complexity index is 1170. The summed E-state index contributed by atoms with van der Waals surface area (Å²) in [6.07, 6.45) is 7.15. The first kappa shape index (κ1) is 25.0. The molecule has 8 heteroatoms. The van der Waals surface area contributed by atoms with Crippen LogP contribution in [0, 0.1) is 12.7 Å². The Balaban J connectivity index is 1.53. The molecule has 184 valence electrons. The van der Waals surface area contributed by atoms with E-state index in [0.717, 1.165) is 42.5 Å². The van der Waals surface area contributed by atoms with Crippen LogP contribution in [0.1, 0.15) is 44.6 Å². The number of nitrogens with zero attached hydrogens (tertiary/aromatic N) is 2. The number of rotatable bonds is 8. The van der Waals surface area contributed by atoms with Crippen LogP contribution in [0.5, 0.6) is 0 Å². The van der Waals surface area contributed by atoms with Gasteiger partial charge in [0.25, 0.3) is 0 Å². The predicted molar refractivity (Wildman–Crippen MR) is 138 cm³/mol. The highest BCUT2D eigenvalue weighted by atomic mass is 32.2. The normalized spacial score (nSPS) is 14.9. The molecule has 0 bridgehead atoms. The number of para-hydroxylation sites is 1. The molecule has 1 aliphatic carbocycles. The quantitative estimate of drug-likeness (QED) is 0.402. The Labute approximate surface area is 209 Å². The van der Waals surface area contributed by atoms with Gasteiger partial charge in [-0.15, -0.1) is 0 Å². The lowest BCUT2D eigenvalue weighted by molar-refractivity contribution is -0.122. The largest absolute Gasteiger partial charge is 0.352 e. The second kappa shape index (κ2) is 11.5. The Hall–Kier alpha value is -3.13. The molecule has 2 aromatic carbocycles. The molecule has 0 radical (unpaired) electrons. The average Bonchev–Trinajstić information content (AvgIpc) is 3.23. The van der Waals surface area contributed by atoms with Crippen LogP contribution >= 0.6 is 11.8 Å². The van der Waals surface area contributed by atoms with Crippen LogP contribution in [0.2, 0.25) is 0 Å². The molecule has 1 aliphatic rings. The maximum atomic E-state index is 13.5. The van der Waals surface area contributed by atoms with Gasteiger partial charge in [0.05, 0.1) is 17.1 Å². The number of carbonyl (C=O) groups is 2. The molecule has 2 amide bonds. The number of benzene rings is 2. The van der Waals surface area contributed by atoms with E-state index in [1.165, 1.54) is 30.3 Å². The van der Waals surface area contributed by atoms with Gasteiger partial charge in [-0.1, -0.05) is 49.2 Å². The lowest BCUT2D eigenvalue weighted by Gasteiger charge is -2.23. The molecule has 0 aliphatic heterocycles. The second-order valence-corrected chi connectivity index (χ2v) is 10.3. The summed E-state index contributed by atoms with van der Waals surface area (Å²) in [6.45, 7) is 3.84. The number of nitrogens with one attached hydrogen (secondary N) is 2. The molecular weight excluding hydrogens is 463 g/mol. The van der Waals surface area contributed by atoms with Gasteiger partial charge in [0.1, 0.15) is 12.4 Å². The van der Waals surface area contributed by atoms with E-state index in [4.69, 9.17) is 0 Å². The molecule has 0 spiro atoms. The van der Waals surface area contributed by atoms with E-state index in [0.29, 0.717) is 10.9 Å². The maximum absolute atomic E-state index is 13.5. The topological polar surface area (TPSA) is 76.0 Å². The van der Waals surface area contributed by atoms with E-state index in [1.54, 1.807) is 18.3 Å². The van der Waals surface area contributed by atoms with Gasteiger partial charge in [-0.05, 0) is 68.1 Å². The van der Waals surface area contributed by atoms with Crippen molar-refractivity contribution in [3.8, 4) is 11.3 Å². The Morgan fingerprint density at radius 3 is 2.54 bits per heavy atom. The van der Waals surface area contributed by atoms with Crippen LogP contribution in [0.3, 0.4) is 0 Å². The third-order valence-corrected chi connectivity index (χ3v) is 7.39. The highest BCUT2D eigenvalue weighted by Crippen LogP contribution is 2.30. The van der Waals surface area contributed by atoms with Gasteiger partial charge < -0.3 is 15.2 Å². The van der Waals surface area contributed by atoms with E-state index in [1.807, 2.05) is 42.7 Å². The fourth-order valence-corrected chi connectivity index (χ4v) is 5.17. The molecule has 35 heavy (non-hydrogen) atoms. The molecule has 0 saturated heterocycles. The average molecular weight is 495 g/mol. The number of hydrogen-bond donors (Lipinski definition) is 2. The number of halogens is 1. The summed E-state index contributed by atoms with van der Waals surface area (Å²) in [5.74, 6) is -0.558. The van der Waals surface area contributed by atoms with Crippen LogP contribution in [0.25, 0.3) is 11.3 Å². The second-order valence-electron chi connectivity index (χ2n) is 8.99. The first-order valence-corrected chi connectivity index (χ1v) is 12.9. The van der Waals surface area contributed by atoms with Crippen LogP contribution < -0.4 is 10.6 Å². The molecule has 6 nitrogen and oxygen atoms in total. The van der Waals surface area contributed by atoms with Crippen LogP contribution in [-0.4, -0.2) is 32.7 Å². The number of carbonyl (C=O) groups excluding carboxylic acids is 2. The van der Waals surface area contributed by atoms with Crippen molar-refractivity contribution >= 4 is 29.3 Å². The number of anilines is 1. The third-order valence-electron chi connectivity index (χ3n) is 6.29. The fourth-order valence-electron chi connectivity index (χ4n) is 4.28. The molecule has 2 N–H and O–H groups in total. The molecule has 1 saturated carbocycles. The Kier molecular flexibility index (Phi) is 8.23. The Morgan fingerprint density at radius 1 is 1.11 bits per heavy atom. The molecule has 1 atom stereocenters. The number of amides is 2. The molecule has 1 aromatic heterocycles. The zero-order valence-corrected chi connectivity index (χ0v) is 20.9. The monoisotopic (exact) mass is 494 g/mol. The van der Waals surface area contributed by atoms with Gasteiger partial charge in [-0.25, -0.2) is 9.37 Å². The van der Waals surface area contributed by atoms with Gasteiger partial charge in [0, 0.05) is 11.7 Å². The smallest absolute Gasteiger partial charge is 0.240 e. The maximum Gasteiger partial charge on any atom is 0.240 e. The van der Waals surface area contributed by atoms with E-state index in [-0.39, 0.29) is 30.2 Å². The van der Waals surface area contributed by atoms with Gasteiger partial charge in [-0.3, -0.25) is 9.59 Å².